The first kappa shape index (κ1) is 14.1. The van der Waals surface area contributed by atoms with Crippen LogP contribution in [0.15, 0.2) is 33.6 Å². The van der Waals surface area contributed by atoms with Gasteiger partial charge >= 0.3 is 0 Å². The first-order valence-corrected chi connectivity index (χ1v) is 8.48. The predicted octanol–water partition coefficient (Wildman–Crippen LogP) is 1.65. The average molecular weight is 307 g/mol. The molecule has 1 heterocycles. The molecule has 1 amide bonds. The summed E-state index contributed by atoms with van der Waals surface area (Å²) >= 11 is 0. The Morgan fingerprint density at radius 1 is 1.29 bits per heavy atom. The van der Waals surface area contributed by atoms with E-state index in [9.17, 15) is 13.2 Å². The highest BCUT2D eigenvalue weighted by atomic mass is 32.2. The average Bonchev–Trinajstić information content (AvgIpc) is 2.90. The van der Waals surface area contributed by atoms with Gasteiger partial charge in [0.05, 0.1) is 12.1 Å². The van der Waals surface area contributed by atoms with Gasteiger partial charge < -0.3 is 10.6 Å². The summed E-state index contributed by atoms with van der Waals surface area (Å²) < 4.78 is 27.8. The maximum absolute atomic E-state index is 12.1. The Kier molecular flexibility index (Phi) is 3.67. The first-order chi connectivity index (χ1) is 10.0. The van der Waals surface area contributed by atoms with Crippen LogP contribution in [0, 0.1) is 0 Å². The van der Waals surface area contributed by atoms with E-state index in [1.165, 1.54) is 6.07 Å². The lowest BCUT2D eigenvalue weighted by molar-refractivity contribution is -0.120. The van der Waals surface area contributed by atoms with Crippen molar-refractivity contribution in [2.75, 3.05) is 5.32 Å². The molecule has 0 atom stereocenters. The van der Waals surface area contributed by atoms with Gasteiger partial charge in [0.2, 0.25) is 5.91 Å². The molecule has 0 aromatic heterocycles. The molecular formula is C14H17N3O3S. The molecule has 0 radical (unpaired) electrons. The van der Waals surface area contributed by atoms with Crippen molar-refractivity contribution in [2.24, 2.45) is 4.40 Å². The Morgan fingerprint density at radius 2 is 2.00 bits per heavy atom. The van der Waals surface area contributed by atoms with E-state index in [0.29, 0.717) is 5.69 Å². The third-order valence-electron chi connectivity index (χ3n) is 3.72. The van der Waals surface area contributed by atoms with Gasteiger partial charge in [-0.2, -0.15) is 8.42 Å². The molecule has 1 aliphatic heterocycles. The van der Waals surface area contributed by atoms with Crippen LogP contribution in [0.2, 0.25) is 0 Å². The third kappa shape index (κ3) is 3.07. The van der Waals surface area contributed by atoms with Crippen LogP contribution in [0.4, 0.5) is 5.69 Å². The molecule has 0 bridgehead atoms. The van der Waals surface area contributed by atoms with Crippen LogP contribution in [-0.4, -0.2) is 26.2 Å². The number of para-hydroxylation sites is 1. The van der Waals surface area contributed by atoms with Gasteiger partial charge in [-0.3, -0.25) is 4.79 Å². The number of amides is 1. The maximum Gasteiger partial charge on any atom is 0.286 e. The van der Waals surface area contributed by atoms with Crippen molar-refractivity contribution in [3.05, 3.63) is 24.3 Å². The van der Waals surface area contributed by atoms with Gasteiger partial charge in [-0.15, -0.1) is 4.40 Å². The summed E-state index contributed by atoms with van der Waals surface area (Å²) in [6.07, 6.45) is 4.20. The molecule has 1 fully saturated rings. The summed E-state index contributed by atoms with van der Waals surface area (Å²) in [5.74, 6) is -0.0214. The SMILES string of the molecule is O=C(CC1=NS(=O)(=O)c2ccccc2N1)NC1CCCC1. The van der Waals surface area contributed by atoms with E-state index in [1.54, 1.807) is 18.2 Å². The van der Waals surface area contributed by atoms with Gasteiger partial charge in [0.25, 0.3) is 10.0 Å². The Labute approximate surface area is 123 Å². The number of carbonyl (C=O) groups excluding carboxylic acids is 1. The van der Waals surface area contributed by atoms with Crippen LogP contribution in [-0.2, 0) is 14.8 Å². The molecule has 0 unspecified atom stereocenters. The Bertz CT molecular complexity index is 691. The molecule has 112 valence electrons. The van der Waals surface area contributed by atoms with Crippen molar-refractivity contribution >= 4 is 27.5 Å². The topological polar surface area (TPSA) is 87.6 Å². The molecule has 2 aliphatic rings. The number of nitrogens with zero attached hydrogens (tertiary/aromatic N) is 1. The van der Waals surface area contributed by atoms with Crippen LogP contribution < -0.4 is 10.6 Å². The molecule has 1 aromatic rings. The van der Waals surface area contributed by atoms with Crippen molar-refractivity contribution in [1.82, 2.24) is 5.32 Å². The number of nitrogens with one attached hydrogen (secondary N) is 2. The molecule has 21 heavy (non-hydrogen) atoms. The molecular weight excluding hydrogens is 290 g/mol. The minimum atomic E-state index is -3.72. The van der Waals surface area contributed by atoms with Gasteiger partial charge in [-0.1, -0.05) is 25.0 Å². The van der Waals surface area contributed by atoms with Crippen LogP contribution >= 0.6 is 0 Å². The van der Waals surface area contributed by atoms with Gasteiger partial charge in [0, 0.05) is 6.04 Å². The zero-order valence-corrected chi connectivity index (χ0v) is 12.3. The highest BCUT2D eigenvalue weighted by molar-refractivity contribution is 7.90. The highest BCUT2D eigenvalue weighted by Gasteiger charge is 2.26. The van der Waals surface area contributed by atoms with E-state index in [-0.39, 0.29) is 29.1 Å². The lowest BCUT2D eigenvalue weighted by Gasteiger charge is -2.18. The monoisotopic (exact) mass is 307 g/mol. The van der Waals surface area contributed by atoms with E-state index < -0.39 is 10.0 Å². The normalized spacial score (nSPS) is 20.3. The van der Waals surface area contributed by atoms with Crippen molar-refractivity contribution in [2.45, 2.75) is 43.0 Å². The van der Waals surface area contributed by atoms with E-state index in [4.69, 9.17) is 0 Å². The minimum Gasteiger partial charge on any atom is -0.353 e. The van der Waals surface area contributed by atoms with Crippen LogP contribution in [0.3, 0.4) is 0 Å². The van der Waals surface area contributed by atoms with Crippen LogP contribution in [0.5, 0.6) is 0 Å². The van der Waals surface area contributed by atoms with Crippen LogP contribution in [0.1, 0.15) is 32.1 Å². The number of rotatable bonds is 3. The van der Waals surface area contributed by atoms with Gasteiger partial charge in [0.15, 0.2) is 0 Å². The molecule has 2 N–H and O–H groups in total. The van der Waals surface area contributed by atoms with E-state index in [1.807, 2.05) is 0 Å². The van der Waals surface area contributed by atoms with Gasteiger partial charge in [0.1, 0.15) is 10.7 Å². The van der Waals surface area contributed by atoms with Crippen LogP contribution in [0.25, 0.3) is 0 Å². The van der Waals surface area contributed by atoms with Crippen molar-refractivity contribution in [3.8, 4) is 0 Å². The molecule has 1 aliphatic carbocycles. The Morgan fingerprint density at radius 3 is 2.76 bits per heavy atom. The van der Waals surface area contributed by atoms with E-state index in [2.05, 4.69) is 15.0 Å². The van der Waals surface area contributed by atoms with Crippen molar-refractivity contribution in [1.29, 1.82) is 0 Å². The summed E-state index contributed by atoms with van der Waals surface area (Å²) in [4.78, 5) is 12.1. The van der Waals surface area contributed by atoms with E-state index >= 15 is 0 Å². The summed E-state index contributed by atoms with van der Waals surface area (Å²) in [5, 5.41) is 5.84. The second-order valence-corrected chi connectivity index (χ2v) is 6.93. The summed E-state index contributed by atoms with van der Waals surface area (Å²) in [6, 6.07) is 6.76. The second-order valence-electron chi connectivity index (χ2n) is 5.36. The predicted molar refractivity (Wildman–Crippen MR) is 79.7 cm³/mol. The molecule has 6 nitrogen and oxygen atoms in total. The number of sulfonamides is 1. The lowest BCUT2D eigenvalue weighted by Crippen LogP contribution is -2.36. The van der Waals surface area contributed by atoms with E-state index in [0.717, 1.165) is 25.7 Å². The summed E-state index contributed by atoms with van der Waals surface area (Å²) in [6.45, 7) is 0. The summed E-state index contributed by atoms with van der Waals surface area (Å²) in [7, 11) is -3.72. The number of benzene rings is 1. The molecule has 0 saturated heterocycles. The van der Waals surface area contributed by atoms with Crippen molar-refractivity contribution in [3.63, 3.8) is 0 Å². The molecule has 1 aromatic carbocycles. The number of hydrogen-bond donors (Lipinski definition) is 2. The summed E-state index contributed by atoms with van der Waals surface area (Å²) in [5.41, 5.74) is 0.469. The third-order valence-corrected chi connectivity index (χ3v) is 5.10. The number of fused-ring (bicyclic) bond motifs is 1. The highest BCUT2D eigenvalue weighted by Crippen LogP contribution is 2.27. The second kappa shape index (κ2) is 5.48. The number of amidine groups is 1. The molecule has 0 spiro atoms. The number of anilines is 1. The van der Waals surface area contributed by atoms with Gasteiger partial charge in [-0.25, -0.2) is 0 Å². The minimum absolute atomic E-state index is 0.0515. The zero-order valence-electron chi connectivity index (χ0n) is 11.5. The smallest absolute Gasteiger partial charge is 0.286 e. The molecule has 1 saturated carbocycles. The molecule has 7 heteroatoms. The van der Waals surface area contributed by atoms with Crippen molar-refractivity contribution < 1.29 is 13.2 Å². The molecule has 3 rings (SSSR count). The standard InChI is InChI=1S/C14H17N3O3S/c18-14(15-10-5-1-2-6-10)9-13-16-11-7-3-4-8-12(11)21(19,20)17-13/h3-4,7-8,10H,1-2,5-6,9H2,(H,15,18)(H,16,17). The maximum atomic E-state index is 12.1. The Balaban J connectivity index is 1.72. The Hall–Kier alpha value is -1.89. The fourth-order valence-corrected chi connectivity index (χ4v) is 3.89. The first-order valence-electron chi connectivity index (χ1n) is 7.04. The lowest BCUT2D eigenvalue weighted by atomic mass is 10.2. The zero-order chi connectivity index (χ0) is 14.9. The quantitative estimate of drug-likeness (QED) is 0.889. The fraction of sp³-hybridized carbons (Fsp3) is 0.429. The fourth-order valence-electron chi connectivity index (χ4n) is 2.74. The largest absolute Gasteiger partial charge is 0.353 e. The number of carbonyl (C=O) groups is 1. The van der Waals surface area contributed by atoms with Gasteiger partial charge in [-0.05, 0) is 25.0 Å². The number of hydrogen-bond acceptors (Lipinski definition) is 4.